The molecular weight excluding hydrogens is 512 g/mol. The summed E-state index contributed by atoms with van der Waals surface area (Å²) < 4.78 is 22.5. The zero-order valence-electron chi connectivity index (χ0n) is 23.0. The molecule has 0 atom stereocenters. The van der Waals surface area contributed by atoms with E-state index in [9.17, 15) is 0 Å². The van der Waals surface area contributed by atoms with Crippen LogP contribution in [0.25, 0.3) is 33.5 Å². The summed E-state index contributed by atoms with van der Waals surface area (Å²) in [7, 11) is 3.29. The van der Waals surface area contributed by atoms with Crippen molar-refractivity contribution in [2.24, 2.45) is 0 Å². The van der Waals surface area contributed by atoms with Crippen LogP contribution in [0.4, 0.5) is 0 Å². The maximum Gasteiger partial charge on any atom is 0.127 e. The minimum atomic E-state index is 0.727. The van der Waals surface area contributed by atoms with E-state index in [-0.39, 0.29) is 0 Å². The third kappa shape index (κ3) is 5.82. The number of benzene rings is 5. The minimum Gasteiger partial charge on any atom is -0.497 e. The van der Waals surface area contributed by atoms with Crippen LogP contribution in [-0.2, 0) is 0 Å². The standard InChI is InChI=1S/C35H28N2O4/c1-23-4-21-32-33(22-23)37-35(25-7-11-29(12-8-25)41-31-19-15-27(39-3)16-20-31)34(36-32)24-5-9-28(10-6-24)40-30-17-13-26(38-2)14-18-30/h4-22H,1-3H3. The summed E-state index contributed by atoms with van der Waals surface area (Å²) >= 11 is 0. The average molecular weight is 541 g/mol. The lowest BCUT2D eigenvalue weighted by atomic mass is 10.0. The van der Waals surface area contributed by atoms with Crippen LogP contribution in [0.5, 0.6) is 34.5 Å². The Labute approximate surface area is 238 Å². The number of methoxy groups -OCH3 is 2. The number of hydrogen-bond acceptors (Lipinski definition) is 6. The number of aryl methyl sites for hydroxylation is 1. The third-order valence-electron chi connectivity index (χ3n) is 6.67. The van der Waals surface area contributed by atoms with Crippen LogP contribution in [0.1, 0.15) is 5.56 Å². The van der Waals surface area contributed by atoms with Crippen molar-refractivity contribution in [2.75, 3.05) is 14.2 Å². The lowest BCUT2D eigenvalue weighted by Gasteiger charge is -2.13. The molecule has 0 amide bonds. The number of ether oxygens (including phenoxy) is 4. The van der Waals surface area contributed by atoms with E-state index in [1.807, 2.05) is 103 Å². The molecule has 6 heteroatoms. The number of nitrogens with zero attached hydrogens (tertiary/aromatic N) is 2. The van der Waals surface area contributed by atoms with Crippen LogP contribution in [0, 0.1) is 6.92 Å². The Morgan fingerprint density at radius 3 is 1.20 bits per heavy atom. The summed E-state index contributed by atoms with van der Waals surface area (Å²) in [5.74, 6) is 4.49. The highest BCUT2D eigenvalue weighted by molar-refractivity contribution is 5.86. The van der Waals surface area contributed by atoms with Gasteiger partial charge in [0.25, 0.3) is 0 Å². The van der Waals surface area contributed by atoms with Gasteiger partial charge in [-0.1, -0.05) is 6.07 Å². The summed E-state index contributed by atoms with van der Waals surface area (Å²) in [5.41, 5.74) is 6.29. The van der Waals surface area contributed by atoms with Gasteiger partial charge in [-0.15, -0.1) is 0 Å². The van der Waals surface area contributed by atoms with Crippen molar-refractivity contribution >= 4 is 11.0 Å². The smallest absolute Gasteiger partial charge is 0.127 e. The molecule has 6 nitrogen and oxygen atoms in total. The fourth-order valence-corrected chi connectivity index (χ4v) is 4.49. The largest absolute Gasteiger partial charge is 0.497 e. The molecule has 1 aromatic heterocycles. The van der Waals surface area contributed by atoms with Crippen molar-refractivity contribution in [3.8, 4) is 57.0 Å². The molecule has 5 aromatic carbocycles. The molecule has 0 aliphatic heterocycles. The summed E-state index contributed by atoms with van der Waals surface area (Å²) in [6.45, 7) is 2.06. The molecule has 1 heterocycles. The van der Waals surface area contributed by atoms with Gasteiger partial charge in [0.05, 0.1) is 36.6 Å². The van der Waals surface area contributed by atoms with E-state index < -0.39 is 0 Å². The number of fused-ring (bicyclic) bond motifs is 1. The summed E-state index contributed by atoms with van der Waals surface area (Å²) in [5, 5.41) is 0. The van der Waals surface area contributed by atoms with Crippen molar-refractivity contribution < 1.29 is 18.9 Å². The highest BCUT2D eigenvalue weighted by Gasteiger charge is 2.14. The van der Waals surface area contributed by atoms with Gasteiger partial charge >= 0.3 is 0 Å². The predicted molar refractivity (Wildman–Crippen MR) is 161 cm³/mol. The molecule has 0 bridgehead atoms. The van der Waals surface area contributed by atoms with Gasteiger partial charge in [-0.05, 0) is 122 Å². The maximum atomic E-state index is 6.03. The Balaban J connectivity index is 1.32. The van der Waals surface area contributed by atoms with E-state index in [2.05, 4.69) is 19.1 Å². The van der Waals surface area contributed by atoms with Crippen molar-refractivity contribution in [2.45, 2.75) is 6.92 Å². The highest BCUT2D eigenvalue weighted by atomic mass is 16.5. The van der Waals surface area contributed by atoms with Crippen LogP contribution in [0.3, 0.4) is 0 Å². The Morgan fingerprint density at radius 1 is 0.415 bits per heavy atom. The molecular formula is C35H28N2O4. The lowest BCUT2D eigenvalue weighted by Crippen LogP contribution is -1.96. The fourth-order valence-electron chi connectivity index (χ4n) is 4.49. The first-order valence-electron chi connectivity index (χ1n) is 13.2. The van der Waals surface area contributed by atoms with Gasteiger partial charge in [0.15, 0.2) is 0 Å². The van der Waals surface area contributed by atoms with E-state index in [1.165, 1.54) is 0 Å². The molecule has 0 N–H and O–H groups in total. The number of rotatable bonds is 8. The molecule has 0 aliphatic rings. The summed E-state index contributed by atoms with van der Waals surface area (Å²) in [6.07, 6.45) is 0. The zero-order chi connectivity index (χ0) is 28.2. The second kappa shape index (κ2) is 11.4. The van der Waals surface area contributed by atoms with Gasteiger partial charge in [0.1, 0.15) is 34.5 Å². The predicted octanol–water partition coefficient (Wildman–Crippen LogP) is 8.87. The molecule has 0 fully saturated rings. The molecule has 202 valence electrons. The first-order chi connectivity index (χ1) is 20.1. The SMILES string of the molecule is COc1ccc(Oc2ccc(-c3nc4ccc(C)cc4nc3-c3ccc(Oc4ccc(OC)cc4)cc3)cc2)cc1. The van der Waals surface area contributed by atoms with Crippen LogP contribution in [0.2, 0.25) is 0 Å². The molecule has 6 aromatic rings. The fraction of sp³-hybridized carbons (Fsp3) is 0.0857. The molecule has 0 saturated heterocycles. The summed E-state index contributed by atoms with van der Waals surface area (Å²) in [4.78, 5) is 10.1. The van der Waals surface area contributed by atoms with Crippen molar-refractivity contribution in [1.29, 1.82) is 0 Å². The molecule has 0 saturated carbocycles. The quantitative estimate of drug-likeness (QED) is 0.192. The van der Waals surface area contributed by atoms with E-state index in [1.54, 1.807) is 14.2 Å². The Bertz CT molecular complexity index is 1780. The van der Waals surface area contributed by atoms with Gasteiger partial charge in [-0.25, -0.2) is 9.97 Å². The van der Waals surface area contributed by atoms with Gasteiger partial charge in [-0.3, -0.25) is 0 Å². The van der Waals surface area contributed by atoms with E-state index in [4.69, 9.17) is 28.9 Å². The first kappa shape index (κ1) is 25.9. The molecule has 0 unspecified atom stereocenters. The van der Waals surface area contributed by atoms with Crippen LogP contribution in [-0.4, -0.2) is 24.2 Å². The molecule has 0 spiro atoms. The van der Waals surface area contributed by atoms with Crippen molar-refractivity contribution in [1.82, 2.24) is 9.97 Å². The molecule has 6 rings (SSSR count). The van der Waals surface area contributed by atoms with E-state index >= 15 is 0 Å². The maximum absolute atomic E-state index is 6.03. The zero-order valence-corrected chi connectivity index (χ0v) is 23.0. The Hall–Kier alpha value is -5.36. The first-order valence-corrected chi connectivity index (χ1v) is 13.2. The van der Waals surface area contributed by atoms with E-state index in [0.717, 1.165) is 73.6 Å². The van der Waals surface area contributed by atoms with Gasteiger partial charge in [0.2, 0.25) is 0 Å². The molecule has 0 radical (unpaired) electrons. The monoisotopic (exact) mass is 540 g/mol. The van der Waals surface area contributed by atoms with E-state index in [0.29, 0.717) is 0 Å². The van der Waals surface area contributed by atoms with Crippen LogP contribution in [0.15, 0.2) is 115 Å². The second-order valence-corrected chi connectivity index (χ2v) is 9.52. The molecule has 0 aliphatic carbocycles. The second-order valence-electron chi connectivity index (χ2n) is 9.52. The van der Waals surface area contributed by atoms with Gasteiger partial charge in [0, 0.05) is 11.1 Å². The lowest BCUT2D eigenvalue weighted by molar-refractivity contribution is 0.413. The highest BCUT2D eigenvalue weighted by Crippen LogP contribution is 2.34. The molecule has 41 heavy (non-hydrogen) atoms. The number of aromatic nitrogens is 2. The topological polar surface area (TPSA) is 62.7 Å². The van der Waals surface area contributed by atoms with Gasteiger partial charge in [-0.2, -0.15) is 0 Å². The van der Waals surface area contributed by atoms with Crippen molar-refractivity contribution in [3.05, 3.63) is 121 Å². The Morgan fingerprint density at radius 2 is 0.780 bits per heavy atom. The van der Waals surface area contributed by atoms with Crippen molar-refractivity contribution in [3.63, 3.8) is 0 Å². The average Bonchev–Trinajstić information content (AvgIpc) is 3.02. The Kier molecular flexibility index (Phi) is 7.20. The van der Waals surface area contributed by atoms with Crippen LogP contribution >= 0.6 is 0 Å². The minimum absolute atomic E-state index is 0.727. The summed E-state index contributed by atoms with van der Waals surface area (Å²) in [6, 6.07) is 36.9. The van der Waals surface area contributed by atoms with Crippen LogP contribution < -0.4 is 18.9 Å². The van der Waals surface area contributed by atoms with Gasteiger partial charge < -0.3 is 18.9 Å². The third-order valence-corrected chi connectivity index (χ3v) is 6.67. The normalized spacial score (nSPS) is 10.8. The number of hydrogen-bond donors (Lipinski definition) is 0.